The zero-order valence-corrected chi connectivity index (χ0v) is 16.9. The summed E-state index contributed by atoms with van der Waals surface area (Å²) in [6.07, 6.45) is 3.34. The largest absolute Gasteiger partial charge is 0.507 e. The number of benzene rings is 4. The molecule has 4 aromatic rings. The average Bonchev–Trinajstić information content (AvgIpc) is 2.75. The predicted octanol–water partition coefficient (Wildman–Crippen LogP) is 6.37. The van der Waals surface area contributed by atoms with Crippen molar-refractivity contribution in [3.05, 3.63) is 95.1 Å². The van der Waals surface area contributed by atoms with Crippen LogP contribution < -0.4 is 0 Å². The summed E-state index contributed by atoms with van der Waals surface area (Å²) in [6.45, 7) is 3.72. The highest BCUT2D eigenvalue weighted by atomic mass is 16.3. The normalized spacial score (nSPS) is 11.7. The van der Waals surface area contributed by atoms with Crippen molar-refractivity contribution in [3.63, 3.8) is 0 Å². The van der Waals surface area contributed by atoms with Crippen molar-refractivity contribution in [2.75, 3.05) is 0 Å². The first kappa shape index (κ1) is 19.4. The van der Waals surface area contributed by atoms with Gasteiger partial charge in [0.15, 0.2) is 0 Å². The molecule has 0 fully saturated rings. The maximum Gasteiger partial charge on any atom is 0.127 e. The Hall–Kier alpha value is -3.92. The Bertz CT molecular complexity index is 1190. The minimum Gasteiger partial charge on any atom is -0.507 e. The predicted molar refractivity (Wildman–Crippen MR) is 124 cm³/mol. The second-order valence-electron chi connectivity index (χ2n) is 7.19. The van der Waals surface area contributed by atoms with Crippen LogP contribution in [0.2, 0.25) is 0 Å². The molecule has 0 saturated carbocycles. The van der Waals surface area contributed by atoms with Crippen molar-refractivity contribution in [2.24, 2.45) is 9.98 Å². The number of fused-ring (bicyclic) bond motifs is 1. The fourth-order valence-electron chi connectivity index (χ4n) is 3.37. The van der Waals surface area contributed by atoms with Gasteiger partial charge in [-0.3, -0.25) is 9.98 Å². The number of aromatic hydroxyl groups is 2. The van der Waals surface area contributed by atoms with Gasteiger partial charge in [0, 0.05) is 28.9 Å². The van der Waals surface area contributed by atoms with Crippen LogP contribution in [-0.4, -0.2) is 22.6 Å². The molecule has 0 aliphatic carbocycles. The molecule has 4 nitrogen and oxygen atoms in total. The minimum atomic E-state index is 0.231. The van der Waals surface area contributed by atoms with Gasteiger partial charge in [-0.25, -0.2) is 0 Å². The second-order valence-corrected chi connectivity index (χ2v) is 7.19. The van der Waals surface area contributed by atoms with Crippen molar-refractivity contribution in [1.82, 2.24) is 0 Å². The van der Waals surface area contributed by atoms with Crippen molar-refractivity contribution < 1.29 is 10.2 Å². The Morgan fingerprint density at radius 3 is 1.50 bits per heavy atom. The summed E-state index contributed by atoms with van der Waals surface area (Å²) in [5.74, 6) is 0.462. The smallest absolute Gasteiger partial charge is 0.127 e. The molecule has 4 heteroatoms. The van der Waals surface area contributed by atoms with E-state index in [0.29, 0.717) is 11.1 Å². The molecular weight excluding hydrogens is 372 g/mol. The van der Waals surface area contributed by atoms with Crippen molar-refractivity contribution in [3.8, 4) is 11.5 Å². The minimum absolute atomic E-state index is 0.231. The summed E-state index contributed by atoms with van der Waals surface area (Å²) in [5.41, 5.74) is 4.46. The number of nitrogens with zero attached hydrogens (tertiary/aromatic N) is 2. The lowest BCUT2D eigenvalue weighted by Gasteiger charge is -2.07. The van der Waals surface area contributed by atoms with E-state index in [2.05, 4.69) is 9.98 Å². The van der Waals surface area contributed by atoms with Crippen LogP contribution in [0.15, 0.2) is 82.8 Å². The van der Waals surface area contributed by atoms with E-state index in [1.54, 1.807) is 12.4 Å². The fourth-order valence-corrected chi connectivity index (χ4v) is 3.37. The number of phenolic OH excluding ortho intramolecular Hbond substituents is 2. The van der Waals surface area contributed by atoms with Gasteiger partial charge in [0.05, 0.1) is 11.4 Å². The van der Waals surface area contributed by atoms with Gasteiger partial charge < -0.3 is 10.2 Å². The van der Waals surface area contributed by atoms with Crippen molar-refractivity contribution >= 4 is 34.6 Å². The van der Waals surface area contributed by atoms with Crippen LogP contribution in [0, 0.1) is 13.8 Å². The highest BCUT2D eigenvalue weighted by molar-refractivity contribution is 6.04. The quantitative estimate of drug-likeness (QED) is 0.395. The standard InChI is InChI=1S/C26H22N2O2/c1-17-7-3-11-20(25(17)29)15-27-22-13-5-9-19-10-6-14-23(24(19)22)28-16-21-12-4-8-18(2)26(21)30/h3-16,29-30H,1-2H3. The second kappa shape index (κ2) is 8.21. The van der Waals surface area contributed by atoms with E-state index in [4.69, 9.17) is 0 Å². The van der Waals surface area contributed by atoms with E-state index < -0.39 is 0 Å². The first-order valence-electron chi connectivity index (χ1n) is 9.71. The Morgan fingerprint density at radius 2 is 1.03 bits per heavy atom. The molecule has 2 N–H and O–H groups in total. The van der Waals surface area contributed by atoms with Crippen LogP contribution in [0.5, 0.6) is 11.5 Å². The number of rotatable bonds is 4. The lowest BCUT2D eigenvalue weighted by Crippen LogP contribution is -1.86. The summed E-state index contributed by atoms with van der Waals surface area (Å²) in [6, 6.07) is 22.9. The van der Waals surface area contributed by atoms with Gasteiger partial charge in [0.25, 0.3) is 0 Å². The number of phenols is 2. The number of hydrogen-bond donors (Lipinski definition) is 2. The Labute approximate surface area is 175 Å². The molecule has 4 rings (SSSR count). The molecule has 0 radical (unpaired) electrons. The zero-order valence-electron chi connectivity index (χ0n) is 16.9. The number of para-hydroxylation sites is 2. The number of hydrogen-bond acceptors (Lipinski definition) is 4. The third-order valence-electron chi connectivity index (χ3n) is 5.08. The maximum atomic E-state index is 10.3. The van der Waals surface area contributed by atoms with Gasteiger partial charge in [-0.15, -0.1) is 0 Å². The summed E-state index contributed by atoms with van der Waals surface area (Å²) in [5, 5.41) is 22.5. The van der Waals surface area contributed by atoms with Crippen LogP contribution in [0.25, 0.3) is 10.8 Å². The van der Waals surface area contributed by atoms with Crippen LogP contribution >= 0.6 is 0 Å². The Kier molecular flexibility index (Phi) is 5.31. The molecule has 4 aromatic carbocycles. The SMILES string of the molecule is Cc1cccc(C=Nc2cccc3cccc(N=Cc4cccc(C)c4O)c23)c1O. The lowest BCUT2D eigenvalue weighted by molar-refractivity contribution is 0.470. The molecule has 0 saturated heterocycles. The van der Waals surface area contributed by atoms with Gasteiger partial charge in [0.2, 0.25) is 0 Å². The summed E-state index contributed by atoms with van der Waals surface area (Å²) < 4.78 is 0. The Balaban J connectivity index is 1.79. The van der Waals surface area contributed by atoms with Gasteiger partial charge >= 0.3 is 0 Å². The van der Waals surface area contributed by atoms with Crippen molar-refractivity contribution in [2.45, 2.75) is 13.8 Å². The maximum absolute atomic E-state index is 10.3. The van der Waals surface area contributed by atoms with Crippen molar-refractivity contribution in [1.29, 1.82) is 0 Å². The summed E-state index contributed by atoms with van der Waals surface area (Å²) in [7, 11) is 0. The molecule has 0 unspecified atom stereocenters. The molecule has 0 spiro atoms. The molecule has 0 amide bonds. The zero-order chi connectivity index (χ0) is 21.1. The van der Waals surface area contributed by atoms with E-state index in [0.717, 1.165) is 33.3 Å². The number of aliphatic imine (C=N–C) groups is 2. The highest BCUT2D eigenvalue weighted by Gasteiger charge is 2.07. The molecule has 148 valence electrons. The molecule has 0 aromatic heterocycles. The third kappa shape index (κ3) is 3.80. The van der Waals surface area contributed by atoms with E-state index in [1.165, 1.54) is 0 Å². The molecule has 0 aliphatic rings. The number of aryl methyl sites for hydroxylation is 2. The van der Waals surface area contributed by atoms with E-state index >= 15 is 0 Å². The van der Waals surface area contributed by atoms with Crippen LogP contribution in [0.4, 0.5) is 11.4 Å². The van der Waals surface area contributed by atoms with E-state index in [9.17, 15) is 10.2 Å². The molecule has 0 aliphatic heterocycles. The monoisotopic (exact) mass is 394 g/mol. The van der Waals surface area contributed by atoms with E-state index in [1.807, 2.05) is 86.6 Å². The molecule has 0 bridgehead atoms. The summed E-state index contributed by atoms with van der Waals surface area (Å²) in [4.78, 5) is 9.29. The molecular formula is C26H22N2O2. The molecule has 0 heterocycles. The van der Waals surface area contributed by atoms with Gasteiger partial charge in [-0.05, 0) is 54.6 Å². The van der Waals surface area contributed by atoms with E-state index in [-0.39, 0.29) is 11.5 Å². The summed E-state index contributed by atoms with van der Waals surface area (Å²) >= 11 is 0. The molecule has 30 heavy (non-hydrogen) atoms. The average molecular weight is 394 g/mol. The first-order valence-corrected chi connectivity index (χ1v) is 9.71. The molecule has 0 atom stereocenters. The fraction of sp³-hybridized carbons (Fsp3) is 0.0769. The van der Waals surface area contributed by atoms with Crippen LogP contribution in [0.3, 0.4) is 0 Å². The lowest BCUT2D eigenvalue weighted by atomic mass is 10.1. The third-order valence-corrected chi connectivity index (χ3v) is 5.08. The first-order chi connectivity index (χ1) is 14.5. The van der Waals surface area contributed by atoms with Gasteiger partial charge in [-0.1, -0.05) is 48.5 Å². The van der Waals surface area contributed by atoms with Crippen LogP contribution in [-0.2, 0) is 0 Å². The van der Waals surface area contributed by atoms with Crippen LogP contribution in [0.1, 0.15) is 22.3 Å². The van der Waals surface area contributed by atoms with Gasteiger partial charge in [0.1, 0.15) is 11.5 Å². The topological polar surface area (TPSA) is 65.2 Å². The van der Waals surface area contributed by atoms with Gasteiger partial charge in [-0.2, -0.15) is 0 Å². The Morgan fingerprint density at radius 1 is 0.600 bits per heavy atom. The highest BCUT2D eigenvalue weighted by Crippen LogP contribution is 2.35.